The van der Waals surface area contributed by atoms with Crippen molar-refractivity contribution in [1.82, 2.24) is 9.47 Å². The zero-order chi connectivity index (χ0) is 20.8. The Morgan fingerprint density at radius 2 is 1.79 bits per heavy atom. The minimum atomic E-state index is -0.850. The van der Waals surface area contributed by atoms with Crippen LogP contribution in [0.1, 0.15) is 11.3 Å². The molecule has 7 heteroatoms. The lowest BCUT2D eigenvalue weighted by atomic mass is 10.2. The molecular weight excluding hydrogens is 379 g/mol. The van der Waals surface area contributed by atoms with Crippen LogP contribution in [0.25, 0.3) is 0 Å². The van der Waals surface area contributed by atoms with Crippen LogP contribution in [0.15, 0.2) is 73.4 Å². The Hall–Kier alpha value is -3.48. The lowest BCUT2D eigenvalue weighted by molar-refractivity contribution is 0.213. The van der Waals surface area contributed by atoms with Crippen molar-refractivity contribution in [3.63, 3.8) is 0 Å². The second-order valence-electron chi connectivity index (χ2n) is 6.48. The highest BCUT2D eigenvalue weighted by atomic mass is 19.1. The van der Waals surface area contributed by atoms with E-state index in [-0.39, 0.29) is 24.6 Å². The highest BCUT2D eigenvalue weighted by molar-refractivity contribution is 5.89. The zero-order valence-electron chi connectivity index (χ0n) is 15.6. The highest BCUT2D eigenvalue weighted by Crippen LogP contribution is 2.17. The molecule has 29 heavy (non-hydrogen) atoms. The van der Waals surface area contributed by atoms with Gasteiger partial charge in [0.05, 0.1) is 12.2 Å². The lowest BCUT2D eigenvalue weighted by Crippen LogP contribution is -2.35. The van der Waals surface area contributed by atoms with Gasteiger partial charge in [0.1, 0.15) is 17.5 Å². The van der Waals surface area contributed by atoms with Gasteiger partial charge in [-0.25, -0.2) is 18.0 Å². The molecule has 0 aliphatic heterocycles. The number of amides is 2. The van der Waals surface area contributed by atoms with Crippen LogP contribution in [0.3, 0.4) is 0 Å². The van der Waals surface area contributed by atoms with E-state index in [1.807, 2.05) is 22.9 Å². The van der Waals surface area contributed by atoms with Crippen molar-refractivity contribution in [1.29, 1.82) is 0 Å². The van der Waals surface area contributed by atoms with Crippen molar-refractivity contribution in [3.05, 3.63) is 102 Å². The van der Waals surface area contributed by atoms with Gasteiger partial charge in [-0.15, -0.1) is 6.58 Å². The summed E-state index contributed by atoms with van der Waals surface area (Å²) in [5.41, 5.74) is 1.65. The van der Waals surface area contributed by atoms with E-state index < -0.39 is 17.7 Å². The van der Waals surface area contributed by atoms with E-state index in [9.17, 15) is 18.0 Å². The molecule has 0 saturated carbocycles. The maximum absolute atomic E-state index is 13.8. The highest BCUT2D eigenvalue weighted by Gasteiger charge is 2.16. The molecule has 1 heterocycles. The molecule has 0 aliphatic carbocycles. The standard InChI is InChI=1S/C22H20F3N3O/c1-2-11-28(22(29)26-21-10-9-18(24)13-20(21)25)15-19-4-3-12-27(19)14-16-5-7-17(23)8-6-16/h2-10,12-13H,1,11,14-15H2,(H,26,29). The first kappa shape index (κ1) is 20.3. The van der Waals surface area contributed by atoms with Crippen molar-refractivity contribution in [2.75, 3.05) is 11.9 Å². The number of rotatable bonds is 7. The number of urea groups is 1. The molecule has 0 aliphatic rings. The Morgan fingerprint density at radius 1 is 1.07 bits per heavy atom. The molecule has 2 aromatic carbocycles. The molecule has 1 N–H and O–H groups in total. The molecule has 150 valence electrons. The fraction of sp³-hybridized carbons (Fsp3) is 0.136. The number of carbonyl (C=O) groups is 1. The number of hydrogen-bond donors (Lipinski definition) is 1. The van der Waals surface area contributed by atoms with E-state index in [4.69, 9.17) is 0 Å². The van der Waals surface area contributed by atoms with Gasteiger partial charge in [0.25, 0.3) is 0 Å². The van der Waals surface area contributed by atoms with Crippen LogP contribution in [-0.4, -0.2) is 22.0 Å². The van der Waals surface area contributed by atoms with E-state index in [1.54, 1.807) is 18.2 Å². The van der Waals surface area contributed by atoms with Crippen LogP contribution >= 0.6 is 0 Å². The second-order valence-corrected chi connectivity index (χ2v) is 6.48. The van der Waals surface area contributed by atoms with Gasteiger partial charge in [-0.1, -0.05) is 18.2 Å². The molecule has 0 radical (unpaired) electrons. The molecule has 1 aromatic heterocycles. The van der Waals surface area contributed by atoms with Gasteiger partial charge in [-0.05, 0) is 42.0 Å². The summed E-state index contributed by atoms with van der Waals surface area (Å²) in [5, 5.41) is 2.46. The summed E-state index contributed by atoms with van der Waals surface area (Å²) >= 11 is 0. The van der Waals surface area contributed by atoms with Crippen molar-refractivity contribution in [3.8, 4) is 0 Å². The Kier molecular flexibility index (Phi) is 6.39. The van der Waals surface area contributed by atoms with Gasteiger partial charge >= 0.3 is 6.03 Å². The molecule has 0 bridgehead atoms. The normalized spacial score (nSPS) is 10.6. The molecule has 0 atom stereocenters. The first-order valence-electron chi connectivity index (χ1n) is 8.96. The maximum Gasteiger partial charge on any atom is 0.322 e. The predicted molar refractivity (Wildman–Crippen MR) is 106 cm³/mol. The third-order valence-electron chi connectivity index (χ3n) is 4.35. The fourth-order valence-electron chi connectivity index (χ4n) is 2.89. The van der Waals surface area contributed by atoms with Gasteiger partial charge < -0.3 is 14.8 Å². The maximum atomic E-state index is 13.8. The van der Waals surface area contributed by atoms with Crippen molar-refractivity contribution < 1.29 is 18.0 Å². The van der Waals surface area contributed by atoms with E-state index in [0.717, 1.165) is 17.3 Å². The first-order valence-corrected chi connectivity index (χ1v) is 8.96. The number of nitrogens with one attached hydrogen (secondary N) is 1. The summed E-state index contributed by atoms with van der Waals surface area (Å²) in [6.07, 6.45) is 3.43. The van der Waals surface area contributed by atoms with Gasteiger partial charge in [-0.3, -0.25) is 0 Å². The number of anilines is 1. The molecule has 0 spiro atoms. The van der Waals surface area contributed by atoms with Crippen LogP contribution in [0.5, 0.6) is 0 Å². The first-order chi connectivity index (χ1) is 14.0. The van der Waals surface area contributed by atoms with Crippen LogP contribution in [0, 0.1) is 17.5 Å². The number of carbonyl (C=O) groups excluding carboxylic acids is 1. The molecule has 0 unspecified atom stereocenters. The number of halogens is 3. The van der Waals surface area contributed by atoms with Crippen molar-refractivity contribution >= 4 is 11.7 Å². The number of benzene rings is 2. The van der Waals surface area contributed by atoms with E-state index in [2.05, 4.69) is 11.9 Å². The summed E-state index contributed by atoms with van der Waals surface area (Å²) in [6.45, 7) is 4.65. The zero-order valence-corrected chi connectivity index (χ0v) is 15.6. The average Bonchev–Trinajstić information content (AvgIpc) is 3.12. The molecular formula is C22H20F3N3O. The van der Waals surface area contributed by atoms with Gasteiger partial charge in [0.15, 0.2) is 0 Å². The minimum Gasteiger partial charge on any atom is -0.345 e. The van der Waals surface area contributed by atoms with E-state index in [0.29, 0.717) is 12.6 Å². The topological polar surface area (TPSA) is 37.3 Å². The van der Waals surface area contributed by atoms with Crippen LogP contribution in [-0.2, 0) is 13.1 Å². The summed E-state index contributed by atoms with van der Waals surface area (Å²) in [6, 6.07) is 12.3. The SMILES string of the molecule is C=CCN(Cc1cccn1Cc1ccc(F)cc1)C(=O)Nc1ccc(F)cc1F. The predicted octanol–water partition coefficient (Wildman–Crippen LogP) is 5.17. The second kappa shape index (κ2) is 9.14. The Morgan fingerprint density at radius 3 is 2.48 bits per heavy atom. The summed E-state index contributed by atoms with van der Waals surface area (Å²) in [7, 11) is 0. The smallest absolute Gasteiger partial charge is 0.322 e. The van der Waals surface area contributed by atoms with E-state index >= 15 is 0 Å². The molecule has 3 aromatic rings. The van der Waals surface area contributed by atoms with Gasteiger partial charge in [-0.2, -0.15) is 0 Å². The third-order valence-corrected chi connectivity index (χ3v) is 4.35. The van der Waals surface area contributed by atoms with Crippen molar-refractivity contribution in [2.45, 2.75) is 13.1 Å². The van der Waals surface area contributed by atoms with Gasteiger partial charge in [0, 0.05) is 31.0 Å². The van der Waals surface area contributed by atoms with Crippen LogP contribution in [0.2, 0.25) is 0 Å². The van der Waals surface area contributed by atoms with Crippen LogP contribution < -0.4 is 5.32 Å². The monoisotopic (exact) mass is 399 g/mol. The van der Waals surface area contributed by atoms with Crippen molar-refractivity contribution in [2.24, 2.45) is 0 Å². The van der Waals surface area contributed by atoms with Crippen LogP contribution in [0.4, 0.5) is 23.7 Å². The summed E-state index contributed by atoms with van der Waals surface area (Å²) in [4.78, 5) is 14.1. The lowest BCUT2D eigenvalue weighted by Gasteiger charge is -2.23. The average molecular weight is 399 g/mol. The number of aromatic nitrogens is 1. The molecule has 4 nitrogen and oxygen atoms in total. The van der Waals surface area contributed by atoms with Gasteiger partial charge in [0.2, 0.25) is 0 Å². The Labute approximate surface area is 166 Å². The van der Waals surface area contributed by atoms with E-state index in [1.165, 1.54) is 23.1 Å². The summed E-state index contributed by atoms with van der Waals surface area (Å²) < 4.78 is 42.0. The number of nitrogens with zero attached hydrogens (tertiary/aromatic N) is 2. The molecule has 2 amide bonds. The number of hydrogen-bond acceptors (Lipinski definition) is 1. The molecule has 0 fully saturated rings. The summed E-state index contributed by atoms with van der Waals surface area (Å²) in [5.74, 6) is -1.87. The molecule has 0 saturated heterocycles. The minimum absolute atomic E-state index is 0.104. The fourth-order valence-corrected chi connectivity index (χ4v) is 2.89. The molecule has 3 rings (SSSR count). The third kappa shape index (κ3) is 5.28. The Bertz CT molecular complexity index is 999. The quantitative estimate of drug-likeness (QED) is 0.547. The Balaban J connectivity index is 1.73. The largest absolute Gasteiger partial charge is 0.345 e.